The quantitative estimate of drug-likeness (QED) is 0.164. The van der Waals surface area contributed by atoms with Gasteiger partial charge in [0.2, 0.25) is 0 Å². The summed E-state index contributed by atoms with van der Waals surface area (Å²) in [6.07, 6.45) is 5.61. The molecule has 40 heavy (non-hydrogen) atoms. The number of nitrogens with zero attached hydrogens (tertiary/aromatic N) is 3. The van der Waals surface area contributed by atoms with E-state index < -0.39 is 6.16 Å². The molecule has 4 aromatic rings. The summed E-state index contributed by atoms with van der Waals surface area (Å²) in [5, 5.41) is 11.9. The highest BCUT2D eigenvalue weighted by atomic mass is 35.5. The van der Waals surface area contributed by atoms with Crippen LogP contribution in [-0.2, 0) is 6.42 Å². The van der Waals surface area contributed by atoms with Crippen molar-refractivity contribution in [1.29, 1.82) is 0 Å². The molecular formula is C32H31ClN3O4+. The van der Waals surface area contributed by atoms with E-state index in [9.17, 15) is 14.7 Å². The molecule has 2 unspecified atom stereocenters. The topological polar surface area (TPSA) is 79.7 Å². The first-order valence-electron chi connectivity index (χ1n) is 13.6. The molecule has 1 fully saturated rings. The van der Waals surface area contributed by atoms with Crippen LogP contribution in [0.4, 0.5) is 10.5 Å². The number of rotatable bonds is 5. The van der Waals surface area contributed by atoms with Gasteiger partial charge in [0, 0.05) is 61.4 Å². The summed E-state index contributed by atoms with van der Waals surface area (Å²) in [4.78, 5) is 32.3. The number of carboxylic acid groups (broad SMARTS) is 1. The summed E-state index contributed by atoms with van der Waals surface area (Å²) in [6, 6.07) is 21.1. The van der Waals surface area contributed by atoms with Gasteiger partial charge in [0.1, 0.15) is 11.8 Å². The number of fused-ring (bicyclic) bond motifs is 2. The molecule has 1 saturated heterocycles. The van der Waals surface area contributed by atoms with Crippen molar-refractivity contribution in [3.8, 4) is 5.75 Å². The number of amides is 1. The number of benzene rings is 3. The number of hydrogen-bond donors (Lipinski definition) is 1. The molecule has 8 heteroatoms. The Morgan fingerprint density at radius 2 is 1.80 bits per heavy atom. The zero-order valence-electron chi connectivity index (χ0n) is 22.3. The van der Waals surface area contributed by atoms with Crippen LogP contribution in [0.3, 0.4) is 0 Å². The number of carbonyl (C=O) groups is 2. The molecule has 6 rings (SSSR count). The van der Waals surface area contributed by atoms with Crippen molar-refractivity contribution in [2.24, 2.45) is 0 Å². The lowest BCUT2D eigenvalue weighted by Crippen LogP contribution is -2.60. The largest absolute Gasteiger partial charge is 0.511 e. The molecule has 0 saturated carbocycles. The van der Waals surface area contributed by atoms with Gasteiger partial charge >= 0.3 is 12.1 Å². The number of piperidine rings is 1. The van der Waals surface area contributed by atoms with Crippen LogP contribution in [0.5, 0.6) is 5.75 Å². The van der Waals surface area contributed by atoms with Crippen LogP contribution in [0, 0.1) is 0 Å². The predicted molar refractivity (Wildman–Crippen MR) is 155 cm³/mol. The smallest absolute Gasteiger partial charge is 0.449 e. The van der Waals surface area contributed by atoms with Crippen LogP contribution in [0.1, 0.15) is 46.8 Å². The van der Waals surface area contributed by atoms with Gasteiger partial charge in [0.25, 0.3) is 0 Å². The average molecular weight is 557 g/mol. The number of ether oxygens (including phenoxy) is 1. The molecule has 7 nitrogen and oxygen atoms in total. The Bertz CT molecular complexity index is 1600. The maximum Gasteiger partial charge on any atom is 0.511 e. The van der Waals surface area contributed by atoms with Crippen molar-refractivity contribution in [2.45, 2.75) is 37.8 Å². The van der Waals surface area contributed by atoms with Gasteiger partial charge in [-0.25, -0.2) is 14.1 Å². The van der Waals surface area contributed by atoms with E-state index in [0.717, 1.165) is 60.7 Å². The minimum Gasteiger partial charge on any atom is -0.449 e. The first-order chi connectivity index (χ1) is 19.3. The minimum atomic E-state index is -1.35. The summed E-state index contributed by atoms with van der Waals surface area (Å²) < 4.78 is 5.18. The number of carbonyl (C=O) groups excluding carboxylic acids is 1. The number of hydrogen-bond acceptors (Lipinski definition) is 5. The molecule has 0 spiro atoms. The molecule has 1 N–H and O–H groups in total. The summed E-state index contributed by atoms with van der Waals surface area (Å²) >= 11 is 6.58. The average Bonchev–Trinajstić information content (AvgIpc) is 3.40. The zero-order chi connectivity index (χ0) is 27.9. The standard InChI is InChI=1S/C32H30ClN3O4/c1-36(31(37)27-4-2-3-5-29(27)33,30-11-8-21-7-10-26(19-28(21)30)40-32(38)39)25-13-16-35(17-14-25)24-9-6-23-20-34-15-12-22(23)18-24/h2-7,9-10,12,15,18-20,25,30H,8,11,13-14,16-17H2,1H3/p+1. The monoisotopic (exact) mass is 556 g/mol. The molecular weight excluding hydrogens is 526 g/mol. The van der Waals surface area contributed by atoms with Crippen LogP contribution in [0.2, 0.25) is 5.02 Å². The second-order valence-electron chi connectivity index (χ2n) is 10.8. The minimum absolute atomic E-state index is 0.00957. The van der Waals surface area contributed by atoms with E-state index in [4.69, 9.17) is 16.3 Å². The van der Waals surface area contributed by atoms with Gasteiger partial charge in [-0.15, -0.1) is 0 Å². The van der Waals surface area contributed by atoms with E-state index in [-0.39, 0.29) is 28.2 Å². The number of aryl methyl sites for hydroxylation is 1. The predicted octanol–water partition coefficient (Wildman–Crippen LogP) is 6.89. The van der Waals surface area contributed by atoms with E-state index in [1.165, 1.54) is 5.69 Å². The molecule has 2 heterocycles. The van der Waals surface area contributed by atoms with E-state index in [1.807, 2.05) is 43.7 Å². The van der Waals surface area contributed by atoms with Gasteiger partial charge in [-0.2, -0.15) is 0 Å². The van der Waals surface area contributed by atoms with Crippen LogP contribution in [0.15, 0.2) is 79.1 Å². The number of pyridine rings is 1. The third-order valence-corrected chi connectivity index (χ3v) is 9.10. The second kappa shape index (κ2) is 10.6. The van der Waals surface area contributed by atoms with Gasteiger partial charge in [0.15, 0.2) is 0 Å². The molecule has 3 aromatic carbocycles. The summed E-state index contributed by atoms with van der Waals surface area (Å²) in [7, 11) is 2.04. The van der Waals surface area contributed by atoms with E-state index in [1.54, 1.807) is 24.3 Å². The Morgan fingerprint density at radius 1 is 1.00 bits per heavy atom. The fourth-order valence-corrected chi connectivity index (χ4v) is 6.88. The molecule has 2 aliphatic rings. The second-order valence-corrected chi connectivity index (χ2v) is 11.2. The lowest BCUT2D eigenvalue weighted by Gasteiger charge is -2.47. The van der Waals surface area contributed by atoms with Gasteiger partial charge < -0.3 is 14.7 Å². The van der Waals surface area contributed by atoms with Gasteiger partial charge in [-0.3, -0.25) is 4.98 Å². The van der Waals surface area contributed by atoms with E-state index in [0.29, 0.717) is 10.6 Å². The van der Waals surface area contributed by atoms with Crippen molar-refractivity contribution in [1.82, 2.24) is 4.98 Å². The van der Waals surface area contributed by atoms with Crippen molar-refractivity contribution in [2.75, 3.05) is 25.0 Å². The van der Waals surface area contributed by atoms with Gasteiger partial charge in [0.05, 0.1) is 23.7 Å². The highest BCUT2D eigenvalue weighted by molar-refractivity contribution is 6.33. The number of anilines is 1. The van der Waals surface area contributed by atoms with Crippen LogP contribution in [0.25, 0.3) is 10.8 Å². The van der Waals surface area contributed by atoms with Crippen LogP contribution >= 0.6 is 11.6 Å². The summed E-state index contributed by atoms with van der Waals surface area (Å²) in [5.74, 6) is 0.265. The molecule has 0 bridgehead atoms. The highest BCUT2D eigenvalue weighted by Gasteiger charge is 2.51. The number of halogens is 1. The SMILES string of the molecule is C[N+](C(=O)c1ccccc1Cl)(C1CCN(c2ccc3cnccc3c2)CC1)C1CCc2ccc(OC(=O)O)cc21. The Hall–Kier alpha value is -3.94. The fourth-order valence-electron chi connectivity index (χ4n) is 6.66. The summed E-state index contributed by atoms with van der Waals surface area (Å²) in [5.41, 5.74) is 3.79. The van der Waals surface area contributed by atoms with Gasteiger partial charge in [-0.05, 0) is 59.8 Å². The first-order valence-corrected chi connectivity index (χ1v) is 14.0. The Labute approximate surface area is 238 Å². The van der Waals surface area contributed by atoms with Crippen molar-refractivity contribution in [3.05, 3.63) is 101 Å². The number of aromatic nitrogens is 1. The van der Waals surface area contributed by atoms with Crippen molar-refractivity contribution >= 4 is 40.1 Å². The fraction of sp³-hybridized carbons (Fsp3) is 0.281. The Morgan fingerprint density at radius 3 is 2.58 bits per heavy atom. The first kappa shape index (κ1) is 26.3. The third-order valence-electron chi connectivity index (χ3n) is 8.77. The van der Waals surface area contributed by atoms with Crippen molar-refractivity contribution in [3.63, 3.8) is 0 Å². The van der Waals surface area contributed by atoms with E-state index >= 15 is 0 Å². The maximum absolute atomic E-state index is 14.5. The summed E-state index contributed by atoms with van der Waals surface area (Å²) in [6.45, 7) is 1.65. The Balaban J connectivity index is 1.34. The van der Waals surface area contributed by atoms with Crippen LogP contribution in [-0.4, -0.2) is 52.8 Å². The normalized spacial score (nSPS) is 18.8. The van der Waals surface area contributed by atoms with Gasteiger partial charge in [-0.1, -0.05) is 35.9 Å². The molecule has 1 aliphatic carbocycles. The lowest BCUT2D eigenvalue weighted by molar-refractivity contribution is -0.887. The third kappa shape index (κ3) is 4.69. The molecule has 0 radical (unpaired) electrons. The van der Waals surface area contributed by atoms with E-state index in [2.05, 4.69) is 28.1 Å². The number of quaternary nitrogens is 1. The maximum atomic E-state index is 14.5. The zero-order valence-corrected chi connectivity index (χ0v) is 23.1. The lowest BCUT2D eigenvalue weighted by atomic mass is 9.93. The highest BCUT2D eigenvalue weighted by Crippen LogP contribution is 2.46. The molecule has 1 amide bonds. The Kier molecular flexibility index (Phi) is 6.94. The molecule has 1 aromatic heterocycles. The van der Waals surface area contributed by atoms with Crippen LogP contribution < -0.4 is 9.64 Å². The molecule has 204 valence electrons. The molecule has 1 aliphatic heterocycles. The van der Waals surface area contributed by atoms with Crippen molar-refractivity contribution < 1.29 is 23.9 Å². The molecule has 2 atom stereocenters.